The second-order valence-electron chi connectivity index (χ2n) is 8.47. The van der Waals surface area contributed by atoms with E-state index in [2.05, 4.69) is 18.8 Å². The van der Waals surface area contributed by atoms with E-state index in [4.69, 9.17) is 10.5 Å². The molecule has 2 aromatic carbocycles. The van der Waals surface area contributed by atoms with Crippen LogP contribution in [0.25, 0.3) is 17.2 Å². The van der Waals surface area contributed by atoms with Crippen molar-refractivity contribution in [3.05, 3.63) is 53.1 Å². The van der Waals surface area contributed by atoms with Gasteiger partial charge in [-0.15, -0.1) is 0 Å². The van der Waals surface area contributed by atoms with E-state index in [1.165, 1.54) is 0 Å². The van der Waals surface area contributed by atoms with Gasteiger partial charge in [-0.2, -0.15) is 0 Å². The Labute approximate surface area is 190 Å². The van der Waals surface area contributed by atoms with E-state index in [9.17, 15) is 9.00 Å². The number of fused-ring (bicyclic) bond motifs is 2. The van der Waals surface area contributed by atoms with Crippen LogP contribution in [0.4, 0.5) is 5.69 Å². The van der Waals surface area contributed by atoms with Crippen molar-refractivity contribution in [3.63, 3.8) is 0 Å². The van der Waals surface area contributed by atoms with E-state index in [0.29, 0.717) is 40.6 Å². The number of benzene rings is 2. The molecule has 4 rings (SSSR count). The molecule has 0 bridgehead atoms. The molecule has 0 aromatic heterocycles. The first-order chi connectivity index (χ1) is 15.3. The summed E-state index contributed by atoms with van der Waals surface area (Å²) in [5, 5.41) is 0. The van der Waals surface area contributed by atoms with Crippen molar-refractivity contribution in [2.75, 3.05) is 18.8 Å². The Balaban J connectivity index is 1.71. The minimum atomic E-state index is -2.70. The minimum absolute atomic E-state index is 0.0209. The van der Waals surface area contributed by atoms with Crippen molar-refractivity contribution in [1.82, 2.24) is 4.90 Å². The Morgan fingerprint density at radius 3 is 2.53 bits per heavy atom. The lowest BCUT2D eigenvalue weighted by atomic mass is 9.99. The zero-order chi connectivity index (χ0) is 22.9. The molecule has 1 atom stereocenters. The Hall–Kier alpha value is -2.93. The predicted octanol–water partition coefficient (Wildman–Crippen LogP) is 4.74. The lowest BCUT2D eigenvalue weighted by molar-refractivity contribution is -0.127. The van der Waals surface area contributed by atoms with Crippen LogP contribution in [0.15, 0.2) is 51.9 Å². The molecule has 3 N–H and O–H groups in total. The second kappa shape index (κ2) is 8.90. The third kappa shape index (κ3) is 4.35. The summed E-state index contributed by atoms with van der Waals surface area (Å²) in [7, 11) is -2.70. The van der Waals surface area contributed by atoms with Crippen molar-refractivity contribution in [1.29, 1.82) is 4.78 Å². The Morgan fingerprint density at radius 2 is 1.81 bits per heavy atom. The van der Waals surface area contributed by atoms with Crippen LogP contribution in [-0.2, 0) is 20.9 Å². The summed E-state index contributed by atoms with van der Waals surface area (Å²) in [5.74, 6) is 0.829. The lowest BCUT2D eigenvalue weighted by Crippen LogP contribution is -2.34. The Morgan fingerprint density at radius 1 is 1.12 bits per heavy atom. The quantitative estimate of drug-likeness (QED) is 0.665. The number of nitrogens with two attached hydrogens (primary N) is 1. The molecule has 0 spiro atoms. The maximum absolute atomic E-state index is 13.1. The van der Waals surface area contributed by atoms with E-state index in [-0.39, 0.29) is 5.91 Å². The molecule has 2 heterocycles. The zero-order valence-electron chi connectivity index (χ0n) is 18.7. The largest absolute Gasteiger partial charge is 0.387 e. The number of carbonyl (C=O) groups is 1. The minimum Gasteiger partial charge on any atom is -0.387 e. The number of aliphatic imine (C=N–C) groups is 1. The van der Waals surface area contributed by atoms with Gasteiger partial charge in [-0.3, -0.25) is 4.79 Å². The maximum Gasteiger partial charge on any atom is 0.250 e. The van der Waals surface area contributed by atoms with E-state index < -0.39 is 9.73 Å². The van der Waals surface area contributed by atoms with Crippen LogP contribution in [0.1, 0.15) is 44.2 Å². The molecule has 32 heavy (non-hydrogen) atoms. The van der Waals surface area contributed by atoms with E-state index in [0.717, 1.165) is 48.2 Å². The van der Waals surface area contributed by atoms with Gasteiger partial charge < -0.3 is 10.6 Å². The van der Waals surface area contributed by atoms with Gasteiger partial charge in [-0.25, -0.2) is 14.0 Å². The highest BCUT2D eigenvalue weighted by molar-refractivity contribution is 7.92. The molecular weight excluding hydrogens is 420 g/mol. The molecule has 7 heteroatoms. The standard InChI is InChI=1S/C25H30N4O2S/c1-3-10-29(11-4-2)25(30)21-13-20-8-7-18(14-22(20)28-24(26)16-21)19-6-5-17-9-12-32(27,31)23(17)15-19/h5-8,13-15,27H,3-4,9-12,16H2,1-2H3,(H2,26,28). The van der Waals surface area contributed by atoms with Gasteiger partial charge >= 0.3 is 0 Å². The van der Waals surface area contributed by atoms with Crippen LogP contribution in [0.5, 0.6) is 0 Å². The van der Waals surface area contributed by atoms with Crippen LogP contribution in [0.3, 0.4) is 0 Å². The SMILES string of the molecule is CCCN(CCC)C(=O)C1=Cc2ccc(-c3ccc4c(c3)S(=N)(=O)CC4)cc2N=C(N)C1. The molecule has 0 saturated carbocycles. The number of nitrogens with zero attached hydrogens (tertiary/aromatic N) is 2. The van der Waals surface area contributed by atoms with Gasteiger partial charge in [0.15, 0.2) is 0 Å². The van der Waals surface area contributed by atoms with Gasteiger partial charge in [0.2, 0.25) is 5.91 Å². The monoisotopic (exact) mass is 450 g/mol. The highest BCUT2D eigenvalue weighted by atomic mass is 32.2. The predicted molar refractivity (Wildman–Crippen MR) is 131 cm³/mol. The number of amidine groups is 1. The van der Waals surface area contributed by atoms with Gasteiger partial charge in [0.25, 0.3) is 0 Å². The fraction of sp³-hybridized carbons (Fsp3) is 0.360. The van der Waals surface area contributed by atoms with Gasteiger partial charge in [0, 0.05) is 36.4 Å². The Bertz CT molecular complexity index is 1220. The van der Waals surface area contributed by atoms with Crippen LogP contribution >= 0.6 is 0 Å². The van der Waals surface area contributed by atoms with Crippen molar-refractivity contribution in [2.45, 2.75) is 44.4 Å². The number of carbonyl (C=O) groups excluding carboxylic acids is 1. The molecular formula is C25H30N4O2S. The van der Waals surface area contributed by atoms with Crippen LogP contribution in [-0.4, -0.2) is 39.7 Å². The second-order valence-corrected chi connectivity index (χ2v) is 10.7. The highest BCUT2D eigenvalue weighted by Crippen LogP contribution is 2.35. The third-order valence-corrected chi connectivity index (χ3v) is 7.83. The molecule has 1 unspecified atom stereocenters. The summed E-state index contributed by atoms with van der Waals surface area (Å²) >= 11 is 0. The van der Waals surface area contributed by atoms with Gasteiger partial charge in [0.1, 0.15) is 5.84 Å². The molecule has 0 aliphatic carbocycles. The molecule has 1 amide bonds. The first kappa shape index (κ1) is 22.3. The molecule has 6 nitrogen and oxygen atoms in total. The fourth-order valence-corrected chi connectivity index (χ4v) is 6.01. The summed E-state index contributed by atoms with van der Waals surface area (Å²) in [6, 6.07) is 11.7. The summed E-state index contributed by atoms with van der Waals surface area (Å²) in [6.07, 6.45) is 4.74. The maximum atomic E-state index is 13.1. The van der Waals surface area contributed by atoms with Gasteiger partial charge in [0.05, 0.1) is 20.3 Å². The summed E-state index contributed by atoms with van der Waals surface area (Å²) in [4.78, 5) is 20.3. The topological polar surface area (TPSA) is 99.6 Å². The molecule has 0 fully saturated rings. The van der Waals surface area contributed by atoms with Gasteiger partial charge in [-0.1, -0.05) is 38.1 Å². The lowest BCUT2D eigenvalue weighted by Gasteiger charge is -2.22. The highest BCUT2D eigenvalue weighted by Gasteiger charge is 2.24. The molecule has 2 aliphatic rings. The van der Waals surface area contributed by atoms with E-state index >= 15 is 0 Å². The summed E-state index contributed by atoms with van der Waals surface area (Å²) in [5.41, 5.74) is 11.3. The first-order valence-electron chi connectivity index (χ1n) is 11.2. The normalized spacial score (nSPS) is 19.4. The van der Waals surface area contributed by atoms with Crippen molar-refractivity contribution < 1.29 is 9.00 Å². The fourth-order valence-electron chi connectivity index (χ4n) is 4.38. The molecule has 2 aliphatic heterocycles. The number of aryl methyl sites for hydroxylation is 1. The molecule has 168 valence electrons. The molecule has 2 aromatic rings. The number of rotatable bonds is 6. The first-order valence-corrected chi connectivity index (χ1v) is 12.9. The zero-order valence-corrected chi connectivity index (χ0v) is 19.5. The molecule has 0 radical (unpaired) electrons. The van der Waals surface area contributed by atoms with Crippen LogP contribution in [0.2, 0.25) is 0 Å². The van der Waals surface area contributed by atoms with Gasteiger partial charge in [-0.05, 0) is 54.2 Å². The third-order valence-electron chi connectivity index (χ3n) is 5.96. The average Bonchev–Trinajstić information content (AvgIpc) is 2.96. The molecule has 0 saturated heterocycles. The number of hydrogen-bond acceptors (Lipinski definition) is 5. The summed E-state index contributed by atoms with van der Waals surface area (Å²) < 4.78 is 20.7. The van der Waals surface area contributed by atoms with Crippen molar-refractivity contribution in [2.24, 2.45) is 10.7 Å². The van der Waals surface area contributed by atoms with Crippen LogP contribution < -0.4 is 5.73 Å². The summed E-state index contributed by atoms with van der Waals surface area (Å²) in [6.45, 7) is 5.60. The smallest absolute Gasteiger partial charge is 0.250 e. The number of hydrogen-bond donors (Lipinski definition) is 2. The van der Waals surface area contributed by atoms with E-state index in [1.54, 1.807) is 0 Å². The van der Waals surface area contributed by atoms with Crippen molar-refractivity contribution >= 4 is 33.2 Å². The number of amides is 1. The van der Waals surface area contributed by atoms with Crippen LogP contribution in [0, 0.1) is 4.78 Å². The van der Waals surface area contributed by atoms with Crippen molar-refractivity contribution in [3.8, 4) is 11.1 Å². The number of nitrogens with one attached hydrogen (secondary N) is 1. The average molecular weight is 451 g/mol. The Kier molecular flexibility index (Phi) is 6.20. The van der Waals surface area contributed by atoms with E-state index in [1.807, 2.05) is 47.4 Å².